The third-order valence-electron chi connectivity index (χ3n) is 4.14. The summed E-state index contributed by atoms with van der Waals surface area (Å²) < 4.78 is 55.9. The fourth-order valence-electron chi connectivity index (χ4n) is 2.63. The Balaban J connectivity index is 2.27. The van der Waals surface area contributed by atoms with E-state index in [0.717, 1.165) is 0 Å². The first-order valence-corrected chi connectivity index (χ1v) is 8.65. The van der Waals surface area contributed by atoms with E-state index in [0.29, 0.717) is 10.8 Å². The van der Waals surface area contributed by atoms with E-state index in [1.165, 1.54) is 0 Å². The van der Waals surface area contributed by atoms with E-state index in [-0.39, 0.29) is 19.6 Å². The van der Waals surface area contributed by atoms with Crippen molar-refractivity contribution < 1.29 is 32.2 Å². The number of esters is 1. The lowest BCUT2D eigenvalue weighted by Gasteiger charge is -2.21. The van der Waals surface area contributed by atoms with E-state index in [9.17, 15) is 27.6 Å². The van der Waals surface area contributed by atoms with Crippen LogP contribution in [0.3, 0.4) is 0 Å². The molecule has 0 bridgehead atoms. The van der Waals surface area contributed by atoms with Gasteiger partial charge in [-0.05, 0) is 20.8 Å². The number of carbonyl (C=O) groups excluding carboxylic acids is 1. The summed E-state index contributed by atoms with van der Waals surface area (Å²) in [5.74, 6) is 1.74. The fraction of sp³-hybridized carbons (Fsp3) is 0.611. The number of aromatic nitrogens is 2. The predicted octanol–water partition coefficient (Wildman–Crippen LogP) is 1.45. The maximum Gasteiger partial charge on any atom is 0.423 e. The van der Waals surface area contributed by atoms with Gasteiger partial charge in [0.05, 0.1) is 11.5 Å². The summed E-state index contributed by atoms with van der Waals surface area (Å²) in [4.78, 5) is 37.1. The van der Waals surface area contributed by atoms with Crippen LogP contribution >= 0.6 is 0 Å². The number of carbonyl (C=O) groups is 1. The van der Waals surface area contributed by atoms with Gasteiger partial charge in [0.25, 0.3) is 5.56 Å². The van der Waals surface area contributed by atoms with E-state index in [4.69, 9.17) is 20.6 Å². The van der Waals surface area contributed by atoms with Crippen LogP contribution in [0, 0.1) is 17.8 Å². The second-order valence-electron chi connectivity index (χ2n) is 7.47. The van der Waals surface area contributed by atoms with Crippen molar-refractivity contribution in [2.24, 2.45) is 5.41 Å². The topological polar surface area (TPSA) is 99.6 Å². The minimum Gasteiger partial charge on any atom is -0.462 e. The number of ether oxygens (including phenoxy) is 3. The van der Waals surface area contributed by atoms with Crippen LogP contribution in [0.2, 0.25) is 0 Å². The van der Waals surface area contributed by atoms with Gasteiger partial charge in [-0.25, -0.2) is 4.79 Å². The average molecular weight is 418 g/mol. The molecule has 1 aromatic heterocycles. The van der Waals surface area contributed by atoms with Crippen LogP contribution in [0.1, 0.15) is 39.0 Å². The number of hydrogen-bond acceptors (Lipinski definition) is 6. The molecule has 0 aliphatic carbocycles. The van der Waals surface area contributed by atoms with Crippen molar-refractivity contribution in [3.8, 4) is 12.3 Å². The standard InChI is InChI=1S/C18H21F3N2O6/c1-5-6-27-11-7-13(29-12(11)9-28-15(25)17(2,3)4)23-8-10(18(19,20)21)14(24)22-16(23)26/h1,8,11-13H,6-7,9H2,2-4H3,(H,22,24,26)/t11-,12+,13+/m0/s1. The van der Waals surface area contributed by atoms with E-state index < -0.39 is 52.8 Å². The maximum atomic E-state index is 13.0. The van der Waals surface area contributed by atoms with Crippen LogP contribution in [0.15, 0.2) is 15.8 Å². The third kappa shape index (κ3) is 5.48. The smallest absolute Gasteiger partial charge is 0.423 e. The highest BCUT2D eigenvalue weighted by molar-refractivity contribution is 5.75. The number of H-pyrrole nitrogens is 1. The molecule has 1 N–H and O–H groups in total. The van der Waals surface area contributed by atoms with Crippen molar-refractivity contribution in [1.29, 1.82) is 0 Å². The Morgan fingerprint density at radius 3 is 2.59 bits per heavy atom. The lowest BCUT2D eigenvalue weighted by molar-refractivity contribution is -0.160. The molecule has 29 heavy (non-hydrogen) atoms. The molecule has 1 aliphatic rings. The van der Waals surface area contributed by atoms with Crippen LogP contribution in [0.25, 0.3) is 0 Å². The lowest BCUT2D eigenvalue weighted by Crippen LogP contribution is -2.36. The summed E-state index contributed by atoms with van der Waals surface area (Å²) in [6, 6.07) is 0. The van der Waals surface area contributed by atoms with E-state index in [1.54, 1.807) is 25.8 Å². The zero-order chi connectivity index (χ0) is 22.0. The second-order valence-corrected chi connectivity index (χ2v) is 7.47. The van der Waals surface area contributed by atoms with E-state index in [1.807, 2.05) is 0 Å². The van der Waals surface area contributed by atoms with Gasteiger partial charge < -0.3 is 14.2 Å². The summed E-state index contributed by atoms with van der Waals surface area (Å²) in [5, 5.41) is 0. The highest BCUT2D eigenvalue weighted by atomic mass is 19.4. The summed E-state index contributed by atoms with van der Waals surface area (Å²) in [5.41, 5.74) is -4.93. The van der Waals surface area contributed by atoms with Gasteiger partial charge in [0.15, 0.2) is 0 Å². The first kappa shape index (κ1) is 22.7. The first-order valence-electron chi connectivity index (χ1n) is 8.65. The first-order chi connectivity index (χ1) is 13.3. The van der Waals surface area contributed by atoms with Gasteiger partial charge >= 0.3 is 17.8 Å². The zero-order valence-corrected chi connectivity index (χ0v) is 16.0. The summed E-state index contributed by atoms with van der Waals surface area (Å²) >= 11 is 0. The maximum absolute atomic E-state index is 13.0. The molecule has 1 saturated heterocycles. The van der Waals surface area contributed by atoms with Crippen molar-refractivity contribution in [3.05, 3.63) is 32.6 Å². The average Bonchev–Trinajstić information content (AvgIpc) is 2.98. The predicted molar refractivity (Wildman–Crippen MR) is 93.8 cm³/mol. The Hall–Kier alpha value is -2.58. The van der Waals surface area contributed by atoms with Crippen molar-refractivity contribution in [3.63, 3.8) is 0 Å². The van der Waals surface area contributed by atoms with Crippen LogP contribution in [0.5, 0.6) is 0 Å². The highest BCUT2D eigenvalue weighted by Crippen LogP contribution is 2.32. The Labute approximate surface area is 164 Å². The Bertz CT molecular complexity index is 906. The molecule has 2 heterocycles. The van der Waals surface area contributed by atoms with Crippen LogP contribution < -0.4 is 11.2 Å². The van der Waals surface area contributed by atoms with Gasteiger partial charge in [0.1, 0.15) is 31.1 Å². The Morgan fingerprint density at radius 1 is 1.38 bits per heavy atom. The van der Waals surface area contributed by atoms with Crippen molar-refractivity contribution >= 4 is 5.97 Å². The molecular weight excluding hydrogens is 397 g/mol. The molecule has 2 rings (SSSR count). The van der Waals surface area contributed by atoms with Gasteiger partial charge in [0.2, 0.25) is 0 Å². The quantitative estimate of drug-likeness (QED) is 0.574. The molecule has 1 aromatic rings. The number of nitrogens with one attached hydrogen (secondary N) is 1. The van der Waals surface area contributed by atoms with Crippen LogP contribution in [0.4, 0.5) is 13.2 Å². The molecule has 0 unspecified atom stereocenters. The number of hydrogen-bond donors (Lipinski definition) is 1. The minimum absolute atomic E-state index is 0.0390. The van der Waals surface area contributed by atoms with E-state index >= 15 is 0 Å². The molecule has 0 saturated carbocycles. The molecule has 8 nitrogen and oxygen atoms in total. The number of terminal acetylenes is 1. The number of alkyl halides is 3. The highest BCUT2D eigenvalue weighted by Gasteiger charge is 2.41. The number of rotatable bonds is 5. The third-order valence-corrected chi connectivity index (χ3v) is 4.14. The molecule has 0 aromatic carbocycles. The molecule has 1 aliphatic heterocycles. The summed E-state index contributed by atoms with van der Waals surface area (Å²) in [7, 11) is 0. The minimum atomic E-state index is -4.96. The fourth-order valence-corrected chi connectivity index (χ4v) is 2.63. The van der Waals surface area contributed by atoms with Crippen molar-refractivity contribution in [1.82, 2.24) is 9.55 Å². The normalized spacial score (nSPS) is 22.3. The SMILES string of the molecule is C#CCO[C@H]1C[C@H](n2cc(C(F)(F)F)c(=O)[nH]c2=O)O[C@@H]1COC(=O)C(C)(C)C. The molecule has 11 heteroatoms. The largest absolute Gasteiger partial charge is 0.462 e. The van der Waals surface area contributed by atoms with E-state index in [2.05, 4.69) is 5.92 Å². The number of aromatic amines is 1. The Morgan fingerprint density at radius 2 is 2.03 bits per heavy atom. The molecule has 0 spiro atoms. The van der Waals surface area contributed by atoms with Gasteiger partial charge in [-0.3, -0.25) is 19.1 Å². The van der Waals surface area contributed by atoms with Crippen LogP contribution in [-0.4, -0.2) is 40.9 Å². The van der Waals surface area contributed by atoms with Crippen LogP contribution in [-0.2, 0) is 25.2 Å². The molecule has 3 atom stereocenters. The monoisotopic (exact) mass is 418 g/mol. The number of nitrogens with zero attached hydrogens (tertiary/aromatic N) is 1. The number of halogens is 3. The lowest BCUT2D eigenvalue weighted by atomic mass is 9.97. The molecule has 1 fully saturated rings. The van der Waals surface area contributed by atoms with Crippen molar-refractivity contribution in [2.75, 3.05) is 13.2 Å². The molecule has 0 amide bonds. The van der Waals surface area contributed by atoms with Gasteiger partial charge in [-0.1, -0.05) is 5.92 Å². The molecule has 160 valence electrons. The van der Waals surface area contributed by atoms with Crippen molar-refractivity contribution in [2.45, 2.75) is 51.8 Å². The van der Waals surface area contributed by atoms with Gasteiger partial charge in [0, 0.05) is 12.6 Å². The van der Waals surface area contributed by atoms with Gasteiger partial charge in [-0.15, -0.1) is 6.42 Å². The molecule has 0 radical (unpaired) electrons. The second kappa shape index (κ2) is 8.42. The summed E-state index contributed by atoms with van der Waals surface area (Å²) in [6.45, 7) is 4.60. The zero-order valence-electron chi connectivity index (χ0n) is 16.0. The van der Waals surface area contributed by atoms with Gasteiger partial charge in [-0.2, -0.15) is 13.2 Å². The molecular formula is C18H21F3N2O6. The Kier molecular flexibility index (Phi) is 6.60. The summed E-state index contributed by atoms with van der Waals surface area (Å²) in [6.07, 6.45) is -2.22.